The second-order valence-corrected chi connectivity index (χ2v) is 11.0. The smallest absolute Gasteiger partial charge is 0.432 e. The van der Waals surface area contributed by atoms with Gasteiger partial charge in [-0.15, -0.1) is 0 Å². The molecular formula is C33H53N5O14. The van der Waals surface area contributed by atoms with Gasteiger partial charge in [-0.05, 0) is 37.8 Å². The van der Waals surface area contributed by atoms with Gasteiger partial charge in [0, 0.05) is 78.6 Å². The van der Waals surface area contributed by atoms with E-state index in [2.05, 4.69) is 21.3 Å². The Bertz CT molecular complexity index is 1190. The highest BCUT2D eigenvalue weighted by molar-refractivity contribution is 5.92. The first-order valence-electron chi connectivity index (χ1n) is 17.1. The summed E-state index contributed by atoms with van der Waals surface area (Å²) in [5, 5.41) is 21.5. The van der Waals surface area contributed by atoms with E-state index in [0.29, 0.717) is 72.0 Å². The lowest BCUT2D eigenvalue weighted by Gasteiger charge is -2.18. The molecule has 0 fully saturated rings. The Morgan fingerprint density at radius 3 is 1.73 bits per heavy atom. The van der Waals surface area contributed by atoms with Crippen molar-refractivity contribution in [1.29, 1.82) is 0 Å². The Balaban J connectivity index is 2.40. The second-order valence-electron chi connectivity index (χ2n) is 11.0. The van der Waals surface area contributed by atoms with Gasteiger partial charge < -0.3 is 54.4 Å². The van der Waals surface area contributed by atoms with E-state index in [1.807, 2.05) is 0 Å². The van der Waals surface area contributed by atoms with Crippen molar-refractivity contribution in [2.75, 3.05) is 93.3 Å². The standard InChI is InChI=1S/C33H53N5O14/c1-46-19-21-48-16-4-13-34-29(39)7-3-8-30(40)37-28(25-31(41)35-14-5-17-49-22-20-47-2)32(42)36-15-6-18-50-23-24-51-33(43)52-27-11-9-26(10-12-27)38(44)45/h9-12,28H,3-8,13-25H2,1-2H3,(H,34,39)(H,35,41)(H,36,42)(H,37,40). The summed E-state index contributed by atoms with van der Waals surface area (Å²) in [6, 6.07) is 3.77. The quantitative estimate of drug-likeness (QED) is 0.0273. The van der Waals surface area contributed by atoms with Gasteiger partial charge in [0.05, 0.1) is 44.4 Å². The first-order chi connectivity index (χ1) is 25.2. The minimum absolute atomic E-state index is 0.0188. The van der Waals surface area contributed by atoms with Gasteiger partial charge in [0.1, 0.15) is 18.4 Å². The molecule has 0 saturated carbocycles. The van der Waals surface area contributed by atoms with Crippen molar-refractivity contribution in [3.8, 4) is 5.75 Å². The zero-order valence-electron chi connectivity index (χ0n) is 30.0. The summed E-state index contributed by atoms with van der Waals surface area (Å²) >= 11 is 0. The maximum Gasteiger partial charge on any atom is 0.513 e. The van der Waals surface area contributed by atoms with Gasteiger partial charge in [-0.3, -0.25) is 29.3 Å². The van der Waals surface area contributed by atoms with Crippen LogP contribution in [0.4, 0.5) is 10.5 Å². The van der Waals surface area contributed by atoms with E-state index < -0.39 is 34.8 Å². The lowest BCUT2D eigenvalue weighted by atomic mass is 10.1. The van der Waals surface area contributed by atoms with Crippen molar-refractivity contribution in [2.45, 2.75) is 51.0 Å². The summed E-state index contributed by atoms with van der Waals surface area (Å²) in [5.41, 5.74) is -0.149. The Morgan fingerprint density at radius 2 is 1.17 bits per heavy atom. The van der Waals surface area contributed by atoms with Gasteiger partial charge in [0.2, 0.25) is 23.6 Å². The molecule has 4 N–H and O–H groups in total. The molecule has 19 heteroatoms. The number of non-ortho nitro benzene ring substituents is 1. The van der Waals surface area contributed by atoms with Crippen LogP contribution < -0.4 is 26.0 Å². The normalized spacial score (nSPS) is 11.3. The van der Waals surface area contributed by atoms with E-state index in [-0.39, 0.29) is 69.4 Å². The summed E-state index contributed by atoms with van der Waals surface area (Å²) in [6.45, 7) is 3.83. The molecule has 0 aliphatic heterocycles. The number of carbonyl (C=O) groups is 5. The third kappa shape index (κ3) is 24.7. The highest BCUT2D eigenvalue weighted by Crippen LogP contribution is 2.17. The van der Waals surface area contributed by atoms with Crippen LogP contribution in [0.2, 0.25) is 0 Å². The van der Waals surface area contributed by atoms with Crippen LogP contribution in [-0.2, 0) is 47.6 Å². The number of nitro benzene ring substituents is 1. The van der Waals surface area contributed by atoms with Crippen molar-refractivity contribution < 1.29 is 62.1 Å². The lowest BCUT2D eigenvalue weighted by molar-refractivity contribution is -0.384. The molecule has 0 aliphatic carbocycles. The fourth-order valence-corrected chi connectivity index (χ4v) is 4.08. The number of hydrogen-bond donors (Lipinski definition) is 4. The molecule has 4 amide bonds. The number of carbonyl (C=O) groups excluding carboxylic acids is 5. The molecule has 294 valence electrons. The van der Waals surface area contributed by atoms with Gasteiger partial charge in [0.25, 0.3) is 5.69 Å². The molecule has 1 aromatic rings. The van der Waals surface area contributed by atoms with E-state index in [9.17, 15) is 34.1 Å². The minimum Gasteiger partial charge on any atom is -0.432 e. The van der Waals surface area contributed by atoms with E-state index in [1.54, 1.807) is 14.2 Å². The number of nitrogens with zero attached hydrogens (tertiary/aromatic N) is 1. The fraction of sp³-hybridized carbons (Fsp3) is 0.667. The van der Waals surface area contributed by atoms with Crippen molar-refractivity contribution >= 4 is 35.5 Å². The predicted octanol–water partition coefficient (Wildman–Crippen LogP) is 1.02. The molecule has 0 aliphatic rings. The van der Waals surface area contributed by atoms with Crippen LogP contribution in [0.15, 0.2) is 24.3 Å². The van der Waals surface area contributed by atoms with Gasteiger partial charge in [-0.1, -0.05) is 0 Å². The largest absolute Gasteiger partial charge is 0.513 e. The zero-order chi connectivity index (χ0) is 38.2. The topological polar surface area (TPSA) is 241 Å². The molecule has 0 radical (unpaired) electrons. The number of methoxy groups -OCH3 is 2. The Morgan fingerprint density at radius 1 is 0.654 bits per heavy atom. The fourth-order valence-electron chi connectivity index (χ4n) is 4.08. The average Bonchev–Trinajstić information content (AvgIpc) is 3.11. The highest BCUT2D eigenvalue weighted by Gasteiger charge is 2.23. The monoisotopic (exact) mass is 743 g/mol. The van der Waals surface area contributed by atoms with Crippen LogP contribution in [0, 0.1) is 10.1 Å². The summed E-state index contributed by atoms with van der Waals surface area (Å²) < 4.78 is 35.7. The molecule has 1 aromatic carbocycles. The van der Waals surface area contributed by atoms with Crippen LogP contribution in [-0.4, -0.2) is 134 Å². The number of nitrogens with one attached hydrogen (secondary N) is 4. The zero-order valence-corrected chi connectivity index (χ0v) is 30.0. The van der Waals surface area contributed by atoms with E-state index in [1.165, 1.54) is 24.3 Å². The number of hydrogen-bond acceptors (Lipinski definition) is 14. The third-order valence-corrected chi connectivity index (χ3v) is 6.75. The molecule has 1 rings (SSSR count). The summed E-state index contributed by atoms with van der Waals surface area (Å²) in [6.07, 6.45) is 0.622. The van der Waals surface area contributed by atoms with Crippen molar-refractivity contribution in [1.82, 2.24) is 21.3 Å². The molecule has 0 aromatic heterocycles. The second kappa shape index (κ2) is 30.2. The number of benzene rings is 1. The number of ether oxygens (including phenoxy) is 7. The van der Waals surface area contributed by atoms with Crippen LogP contribution >= 0.6 is 0 Å². The Hall–Kier alpha value is -4.43. The van der Waals surface area contributed by atoms with Crippen molar-refractivity contribution in [3.63, 3.8) is 0 Å². The van der Waals surface area contributed by atoms with Gasteiger partial charge >= 0.3 is 6.16 Å². The van der Waals surface area contributed by atoms with Crippen LogP contribution in [0.1, 0.15) is 44.9 Å². The molecule has 0 spiro atoms. The number of nitro groups is 1. The van der Waals surface area contributed by atoms with Gasteiger partial charge in [-0.2, -0.15) is 0 Å². The van der Waals surface area contributed by atoms with Crippen molar-refractivity contribution in [2.24, 2.45) is 0 Å². The predicted molar refractivity (Wildman–Crippen MR) is 185 cm³/mol. The Kier molecular flexibility index (Phi) is 26.5. The average molecular weight is 744 g/mol. The van der Waals surface area contributed by atoms with Gasteiger partial charge in [-0.25, -0.2) is 4.79 Å². The summed E-state index contributed by atoms with van der Waals surface area (Å²) in [4.78, 5) is 72.2. The highest BCUT2D eigenvalue weighted by atomic mass is 16.7. The van der Waals surface area contributed by atoms with Gasteiger partial charge in [0.15, 0.2) is 0 Å². The molecule has 1 atom stereocenters. The third-order valence-electron chi connectivity index (χ3n) is 6.75. The summed E-state index contributed by atoms with van der Waals surface area (Å²) in [7, 11) is 3.15. The molecule has 19 nitrogen and oxygen atoms in total. The molecule has 0 heterocycles. The van der Waals surface area contributed by atoms with Crippen LogP contribution in [0.5, 0.6) is 5.75 Å². The first-order valence-corrected chi connectivity index (χ1v) is 17.1. The van der Waals surface area contributed by atoms with E-state index in [4.69, 9.17) is 33.2 Å². The van der Waals surface area contributed by atoms with Crippen molar-refractivity contribution in [3.05, 3.63) is 34.4 Å². The lowest BCUT2D eigenvalue weighted by Crippen LogP contribution is -2.49. The molecule has 52 heavy (non-hydrogen) atoms. The Labute approximate surface area is 303 Å². The van der Waals surface area contributed by atoms with Crippen LogP contribution in [0.25, 0.3) is 0 Å². The minimum atomic E-state index is -1.14. The maximum atomic E-state index is 13.0. The molecular weight excluding hydrogens is 690 g/mol. The number of rotatable bonds is 31. The van der Waals surface area contributed by atoms with E-state index >= 15 is 0 Å². The first kappa shape index (κ1) is 45.6. The summed E-state index contributed by atoms with van der Waals surface area (Å²) in [5.74, 6) is -1.60. The molecule has 0 saturated heterocycles. The SMILES string of the molecule is COCCOCCCNC(=O)CCCC(=O)NC(CC(=O)NCCCOCCOC)C(=O)NCCCOCCOC(=O)Oc1ccc([N+](=O)[O-])cc1. The van der Waals surface area contributed by atoms with Crippen LogP contribution in [0.3, 0.4) is 0 Å². The molecule has 1 unspecified atom stereocenters. The number of amides is 4. The van der Waals surface area contributed by atoms with E-state index in [0.717, 1.165) is 0 Å². The maximum absolute atomic E-state index is 13.0. The molecule has 0 bridgehead atoms.